The smallest absolute Gasteiger partial charge is 0.768 e. The molecule has 14 heavy (non-hydrogen) atoms. The van der Waals surface area contributed by atoms with Gasteiger partial charge in [0.1, 0.15) is 0 Å². The van der Waals surface area contributed by atoms with Gasteiger partial charge in [-0.05, 0) is 23.2 Å². The van der Waals surface area contributed by atoms with E-state index in [9.17, 15) is 13.6 Å². The molecule has 0 aliphatic rings. The van der Waals surface area contributed by atoms with Gasteiger partial charge in [-0.3, -0.25) is 4.21 Å². The maximum Gasteiger partial charge on any atom is 1.00 e. The van der Waals surface area contributed by atoms with E-state index in [1.807, 2.05) is 0 Å². The zero-order valence-electron chi connectivity index (χ0n) is 7.85. The predicted molar refractivity (Wildman–Crippen MR) is 45.0 cm³/mol. The van der Waals surface area contributed by atoms with Crippen molar-refractivity contribution in [2.75, 3.05) is 7.11 Å². The Morgan fingerprint density at radius 2 is 2.00 bits per heavy atom. The molecule has 1 aromatic carbocycles. The summed E-state index contributed by atoms with van der Waals surface area (Å²) in [7, 11) is 1.20. The first-order chi connectivity index (χ1) is 6.16. The van der Waals surface area contributed by atoms with Gasteiger partial charge >= 0.3 is 24.8 Å². The van der Waals surface area contributed by atoms with Gasteiger partial charge in [-0.15, -0.1) is 0 Å². The summed E-state index contributed by atoms with van der Waals surface area (Å²) in [5, 5.41) is 0. The molecule has 0 heterocycles. The predicted octanol–water partition coefficient (Wildman–Crippen LogP) is -2.28. The standard InChI is InChI=1S/C8H8O4S.Li/c1-12-8(9)6-4-2-3-5-7(6)13(10)11;/h2-5H,1H3,(H,10,11);/q;+1/p-1. The maximum atomic E-state index is 11.0. The zero-order valence-corrected chi connectivity index (χ0v) is 8.67. The molecule has 0 N–H and O–H groups in total. The van der Waals surface area contributed by atoms with Gasteiger partial charge < -0.3 is 9.29 Å². The molecule has 1 rings (SSSR count). The Bertz CT molecular complexity index is 353. The summed E-state index contributed by atoms with van der Waals surface area (Å²) < 4.78 is 25.7. The molecule has 0 radical (unpaired) electrons. The first-order valence-corrected chi connectivity index (χ1v) is 4.51. The molecular formula is C8H7LiO4S. The number of ether oxygens (including phenoxy) is 1. The summed E-state index contributed by atoms with van der Waals surface area (Å²) in [5.74, 6) is -0.653. The quantitative estimate of drug-likeness (QED) is 0.310. The number of carbonyl (C=O) groups is 1. The molecule has 0 fully saturated rings. The number of methoxy groups -OCH3 is 1. The molecule has 1 aromatic rings. The van der Waals surface area contributed by atoms with Crippen LogP contribution >= 0.6 is 0 Å². The van der Waals surface area contributed by atoms with Crippen LogP contribution in [-0.4, -0.2) is 21.8 Å². The molecule has 0 aromatic heterocycles. The van der Waals surface area contributed by atoms with Crippen molar-refractivity contribution in [3.63, 3.8) is 0 Å². The molecule has 0 saturated carbocycles. The molecule has 0 bridgehead atoms. The van der Waals surface area contributed by atoms with Gasteiger partial charge in [0.2, 0.25) is 0 Å². The second-order valence-electron chi connectivity index (χ2n) is 2.22. The summed E-state index contributed by atoms with van der Waals surface area (Å²) in [5.41, 5.74) is 0.0540. The monoisotopic (exact) mass is 206 g/mol. The van der Waals surface area contributed by atoms with Crippen molar-refractivity contribution in [1.82, 2.24) is 0 Å². The van der Waals surface area contributed by atoms with Gasteiger partial charge in [0, 0.05) is 4.90 Å². The molecule has 4 nitrogen and oxygen atoms in total. The summed E-state index contributed by atoms with van der Waals surface area (Å²) in [6, 6.07) is 5.85. The molecule has 0 amide bonds. The van der Waals surface area contributed by atoms with Crippen LogP contribution in [0.5, 0.6) is 0 Å². The molecule has 0 aliphatic carbocycles. The number of rotatable bonds is 2. The largest absolute Gasteiger partial charge is 1.00 e. The van der Waals surface area contributed by atoms with Crippen LogP contribution in [0.15, 0.2) is 29.2 Å². The molecule has 0 saturated heterocycles. The van der Waals surface area contributed by atoms with Gasteiger partial charge in [0.25, 0.3) is 0 Å². The summed E-state index contributed by atoms with van der Waals surface area (Å²) >= 11 is -2.41. The van der Waals surface area contributed by atoms with Crippen molar-refractivity contribution in [3.8, 4) is 0 Å². The Kier molecular flexibility index (Phi) is 5.73. The minimum Gasteiger partial charge on any atom is -0.768 e. The van der Waals surface area contributed by atoms with Crippen LogP contribution < -0.4 is 18.9 Å². The van der Waals surface area contributed by atoms with E-state index in [-0.39, 0.29) is 29.3 Å². The van der Waals surface area contributed by atoms with E-state index < -0.39 is 17.0 Å². The second kappa shape index (κ2) is 5.99. The average Bonchev–Trinajstić information content (AvgIpc) is 2.16. The minimum absolute atomic E-state index is 0. The molecule has 1 unspecified atom stereocenters. The number of carbonyl (C=O) groups excluding carboxylic acids is 1. The van der Waals surface area contributed by atoms with Gasteiger partial charge in [0.05, 0.1) is 12.7 Å². The third-order valence-corrected chi connectivity index (χ3v) is 2.19. The molecule has 6 heteroatoms. The normalized spacial score (nSPS) is 11.3. The van der Waals surface area contributed by atoms with Crippen molar-refractivity contribution in [2.45, 2.75) is 4.90 Å². The van der Waals surface area contributed by atoms with E-state index in [4.69, 9.17) is 0 Å². The van der Waals surface area contributed by atoms with Crippen molar-refractivity contribution in [3.05, 3.63) is 29.8 Å². The van der Waals surface area contributed by atoms with Gasteiger partial charge in [-0.25, -0.2) is 4.79 Å². The van der Waals surface area contributed by atoms with Gasteiger partial charge in [0.15, 0.2) is 0 Å². The fraction of sp³-hybridized carbons (Fsp3) is 0.125. The van der Waals surface area contributed by atoms with Gasteiger partial charge in [-0.2, -0.15) is 0 Å². The Labute approximate surface area is 96.1 Å². The van der Waals surface area contributed by atoms with Crippen LogP contribution in [0.2, 0.25) is 0 Å². The molecular weight excluding hydrogens is 199 g/mol. The van der Waals surface area contributed by atoms with E-state index in [1.54, 1.807) is 6.07 Å². The topological polar surface area (TPSA) is 66.4 Å². The Hall–Kier alpha value is -0.603. The van der Waals surface area contributed by atoms with Crippen molar-refractivity contribution < 1.29 is 37.2 Å². The summed E-state index contributed by atoms with van der Waals surface area (Å²) in [6.45, 7) is 0. The van der Waals surface area contributed by atoms with E-state index in [0.29, 0.717) is 0 Å². The van der Waals surface area contributed by atoms with E-state index >= 15 is 0 Å². The first-order valence-electron chi connectivity index (χ1n) is 3.43. The SMILES string of the molecule is COC(=O)c1ccccc1S(=O)[O-].[Li+]. The maximum absolute atomic E-state index is 11.0. The minimum atomic E-state index is -2.41. The van der Waals surface area contributed by atoms with Crippen LogP contribution in [0.4, 0.5) is 0 Å². The van der Waals surface area contributed by atoms with Gasteiger partial charge in [-0.1, -0.05) is 12.1 Å². The van der Waals surface area contributed by atoms with Crippen molar-refractivity contribution >= 4 is 17.0 Å². The van der Waals surface area contributed by atoms with E-state index in [2.05, 4.69) is 4.74 Å². The summed E-state index contributed by atoms with van der Waals surface area (Å²) in [6.07, 6.45) is 0. The van der Waals surface area contributed by atoms with Crippen LogP contribution in [0.1, 0.15) is 10.4 Å². The second-order valence-corrected chi connectivity index (χ2v) is 3.13. The Morgan fingerprint density at radius 3 is 2.50 bits per heavy atom. The molecule has 0 spiro atoms. The third-order valence-electron chi connectivity index (χ3n) is 1.47. The Balaban J connectivity index is 0.00000169. The number of esters is 1. The number of benzene rings is 1. The fourth-order valence-electron chi connectivity index (χ4n) is 0.891. The third kappa shape index (κ3) is 2.96. The molecule has 0 aliphatic heterocycles. The van der Waals surface area contributed by atoms with E-state index in [1.165, 1.54) is 25.3 Å². The molecule has 70 valence electrons. The van der Waals surface area contributed by atoms with Crippen LogP contribution in [0, 0.1) is 0 Å². The number of hydrogen-bond donors (Lipinski definition) is 0. The first kappa shape index (κ1) is 13.4. The van der Waals surface area contributed by atoms with Crippen LogP contribution in [-0.2, 0) is 15.8 Å². The summed E-state index contributed by atoms with van der Waals surface area (Å²) in [4.78, 5) is 11.0. The van der Waals surface area contributed by atoms with Crippen molar-refractivity contribution in [2.24, 2.45) is 0 Å². The fourth-order valence-corrected chi connectivity index (χ4v) is 1.41. The molecule has 1 atom stereocenters. The zero-order chi connectivity index (χ0) is 9.84. The Morgan fingerprint density at radius 1 is 1.43 bits per heavy atom. The average molecular weight is 206 g/mol. The van der Waals surface area contributed by atoms with Crippen molar-refractivity contribution in [1.29, 1.82) is 0 Å². The van der Waals surface area contributed by atoms with E-state index in [0.717, 1.165) is 0 Å². The number of hydrogen-bond acceptors (Lipinski definition) is 4. The van der Waals surface area contributed by atoms with Crippen LogP contribution in [0.3, 0.4) is 0 Å². The van der Waals surface area contributed by atoms with Crippen LogP contribution in [0.25, 0.3) is 0 Å².